The van der Waals surface area contributed by atoms with E-state index in [-0.39, 0.29) is 34.6 Å². The zero-order valence-corrected chi connectivity index (χ0v) is 12.2. The molecule has 1 aromatic carbocycles. The van der Waals surface area contributed by atoms with Crippen molar-refractivity contribution in [1.29, 1.82) is 0 Å². The lowest BCUT2D eigenvalue weighted by Crippen LogP contribution is -2.36. The van der Waals surface area contributed by atoms with E-state index in [9.17, 15) is 8.78 Å². The molecule has 1 heterocycles. The average molecular weight is 301 g/mol. The van der Waals surface area contributed by atoms with E-state index in [4.69, 9.17) is 27.4 Å². The van der Waals surface area contributed by atoms with E-state index in [0.717, 1.165) is 12.1 Å². The summed E-state index contributed by atoms with van der Waals surface area (Å²) in [5.74, 6) is -1.96. The lowest BCUT2D eigenvalue weighted by Gasteiger charge is -2.32. The van der Waals surface area contributed by atoms with Gasteiger partial charge in [0.05, 0.1) is 12.2 Å². The molecule has 0 bridgehead atoms. The van der Waals surface area contributed by atoms with E-state index in [2.05, 4.69) is 0 Å². The van der Waals surface area contributed by atoms with Gasteiger partial charge < -0.3 is 15.2 Å². The van der Waals surface area contributed by atoms with Crippen LogP contribution in [-0.2, 0) is 4.74 Å². The van der Waals surface area contributed by atoms with Gasteiger partial charge in [-0.05, 0) is 26.0 Å². The average Bonchev–Trinajstić information content (AvgIpc) is 2.32. The summed E-state index contributed by atoms with van der Waals surface area (Å²) in [5, 5.41) is 0. The highest BCUT2D eigenvalue weighted by atomic mass is 32.1. The number of ether oxygens (including phenoxy) is 2. The van der Waals surface area contributed by atoms with Gasteiger partial charge in [0.25, 0.3) is 0 Å². The third kappa shape index (κ3) is 3.43. The maximum absolute atomic E-state index is 13.9. The number of benzene rings is 1. The highest BCUT2D eigenvalue weighted by Crippen LogP contribution is 2.29. The van der Waals surface area contributed by atoms with Crippen molar-refractivity contribution in [2.75, 3.05) is 0 Å². The molecule has 1 saturated heterocycles. The minimum absolute atomic E-state index is 0.00534. The van der Waals surface area contributed by atoms with Gasteiger partial charge in [-0.2, -0.15) is 0 Å². The molecule has 0 radical (unpaired) electrons. The molecule has 1 aliphatic heterocycles. The third-order valence-electron chi connectivity index (χ3n) is 3.22. The zero-order chi connectivity index (χ0) is 14.9. The summed E-state index contributed by atoms with van der Waals surface area (Å²) in [5.41, 5.74) is 5.51. The van der Waals surface area contributed by atoms with Crippen LogP contribution in [0.15, 0.2) is 12.1 Å². The van der Waals surface area contributed by atoms with Crippen molar-refractivity contribution in [2.45, 2.75) is 45.0 Å². The second kappa shape index (κ2) is 6.01. The summed E-state index contributed by atoms with van der Waals surface area (Å²) in [6.07, 6.45) is 0.936. The van der Waals surface area contributed by atoms with Crippen molar-refractivity contribution in [1.82, 2.24) is 0 Å². The van der Waals surface area contributed by atoms with Crippen molar-refractivity contribution in [3.8, 4) is 5.75 Å². The van der Waals surface area contributed by atoms with Crippen molar-refractivity contribution >= 4 is 17.2 Å². The molecule has 20 heavy (non-hydrogen) atoms. The van der Waals surface area contributed by atoms with Gasteiger partial charge in [0.1, 0.15) is 11.1 Å². The maximum atomic E-state index is 13.9. The van der Waals surface area contributed by atoms with Gasteiger partial charge in [-0.3, -0.25) is 0 Å². The number of hydrogen-bond donors (Lipinski definition) is 1. The van der Waals surface area contributed by atoms with Crippen LogP contribution in [0, 0.1) is 11.6 Å². The maximum Gasteiger partial charge on any atom is 0.191 e. The Morgan fingerprint density at radius 2 is 1.75 bits per heavy atom. The number of hydrogen-bond acceptors (Lipinski definition) is 3. The van der Waals surface area contributed by atoms with Gasteiger partial charge >= 0.3 is 0 Å². The predicted octanol–water partition coefficient (Wildman–Crippen LogP) is 2.93. The van der Waals surface area contributed by atoms with E-state index in [1.807, 2.05) is 13.8 Å². The molecule has 1 fully saturated rings. The van der Waals surface area contributed by atoms with Gasteiger partial charge in [-0.25, -0.2) is 8.78 Å². The van der Waals surface area contributed by atoms with Crippen LogP contribution in [0.2, 0.25) is 0 Å². The topological polar surface area (TPSA) is 44.5 Å². The molecule has 2 unspecified atom stereocenters. The fraction of sp³-hybridized carbons (Fsp3) is 0.500. The van der Waals surface area contributed by atoms with Crippen molar-refractivity contribution in [3.63, 3.8) is 0 Å². The first-order valence-electron chi connectivity index (χ1n) is 6.47. The minimum Gasteiger partial charge on any atom is -0.484 e. The van der Waals surface area contributed by atoms with Crippen LogP contribution in [0.1, 0.15) is 32.3 Å². The zero-order valence-electron chi connectivity index (χ0n) is 11.4. The summed E-state index contributed by atoms with van der Waals surface area (Å²) < 4.78 is 38.9. The Hall–Kier alpha value is -1.27. The Morgan fingerprint density at radius 1 is 1.25 bits per heavy atom. The van der Waals surface area contributed by atoms with E-state index in [1.165, 1.54) is 0 Å². The smallest absolute Gasteiger partial charge is 0.191 e. The number of rotatable bonds is 3. The summed E-state index contributed by atoms with van der Waals surface area (Å²) in [6, 6.07) is 2.18. The van der Waals surface area contributed by atoms with Crippen LogP contribution in [0.5, 0.6) is 5.75 Å². The van der Waals surface area contributed by atoms with Crippen molar-refractivity contribution < 1.29 is 18.3 Å². The Morgan fingerprint density at radius 3 is 2.20 bits per heavy atom. The van der Waals surface area contributed by atoms with E-state index < -0.39 is 11.6 Å². The van der Waals surface area contributed by atoms with Crippen LogP contribution >= 0.6 is 12.2 Å². The SMILES string of the molecule is CC1CC(Oc2c(F)cc(C(N)=S)cc2F)CC(C)O1. The Kier molecular flexibility index (Phi) is 4.55. The summed E-state index contributed by atoms with van der Waals surface area (Å²) in [4.78, 5) is -0.0531. The molecule has 6 heteroatoms. The largest absolute Gasteiger partial charge is 0.484 e. The summed E-state index contributed by atoms with van der Waals surface area (Å²) in [7, 11) is 0. The fourth-order valence-corrected chi connectivity index (χ4v) is 2.54. The molecule has 1 aliphatic rings. The van der Waals surface area contributed by atoms with E-state index in [0.29, 0.717) is 12.8 Å². The standard InChI is InChI=1S/C14H17F2NO2S/c1-7-3-10(4-8(2)18-7)19-13-11(15)5-9(14(17)20)6-12(13)16/h5-8,10H,3-4H2,1-2H3,(H2,17,20). The minimum atomic E-state index is -0.792. The molecule has 3 nitrogen and oxygen atoms in total. The second-order valence-electron chi connectivity index (χ2n) is 5.10. The van der Waals surface area contributed by atoms with Gasteiger partial charge in [0, 0.05) is 18.4 Å². The highest BCUT2D eigenvalue weighted by molar-refractivity contribution is 7.80. The number of nitrogens with two attached hydrogens (primary N) is 1. The molecular formula is C14H17F2NO2S. The predicted molar refractivity (Wildman–Crippen MR) is 75.9 cm³/mol. The van der Waals surface area contributed by atoms with Gasteiger partial charge in [-0.15, -0.1) is 0 Å². The number of halogens is 2. The molecule has 0 saturated carbocycles. The quantitative estimate of drug-likeness (QED) is 0.872. The molecule has 0 amide bonds. The third-order valence-corrected chi connectivity index (χ3v) is 3.46. The molecule has 0 spiro atoms. The lowest BCUT2D eigenvalue weighted by atomic mass is 10.0. The van der Waals surface area contributed by atoms with Crippen molar-refractivity contribution in [2.24, 2.45) is 5.73 Å². The first-order valence-corrected chi connectivity index (χ1v) is 6.88. The molecule has 1 aromatic rings. The first kappa shape index (κ1) is 15.1. The van der Waals surface area contributed by atoms with Crippen LogP contribution in [-0.4, -0.2) is 23.3 Å². The summed E-state index contributed by atoms with van der Waals surface area (Å²) >= 11 is 4.70. The number of thiocarbonyl (C=S) groups is 1. The van der Waals surface area contributed by atoms with Crippen LogP contribution in [0.4, 0.5) is 8.78 Å². The first-order chi connectivity index (χ1) is 9.36. The van der Waals surface area contributed by atoms with Gasteiger partial charge in [0.15, 0.2) is 17.4 Å². The van der Waals surface area contributed by atoms with Crippen LogP contribution in [0.25, 0.3) is 0 Å². The molecule has 0 aliphatic carbocycles. The molecule has 110 valence electrons. The Labute approximate surface area is 122 Å². The lowest BCUT2D eigenvalue weighted by molar-refractivity contribution is -0.0734. The van der Waals surface area contributed by atoms with Crippen LogP contribution < -0.4 is 10.5 Å². The van der Waals surface area contributed by atoms with Gasteiger partial charge in [0.2, 0.25) is 0 Å². The second-order valence-corrected chi connectivity index (χ2v) is 5.54. The Balaban J connectivity index is 2.19. The van der Waals surface area contributed by atoms with E-state index in [1.54, 1.807) is 0 Å². The molecular weight excluding hydrogens is 284 g/mol. The molecule has 2 atom stereocenters. The Bertz CT molecular complexity index is 491. The molecule has 0 aromatic heterocycles. The molecule has 2 N–H and O–H groups in total. The summed E-state index contributed by atoms with van der Waals surface area (Å²) in [6.45, 7) is 3.82. The monoisotopic (exact) mass is 301 g/mol. The highest BCUT2D eigenvalue weighted by Gasteiger charge is 2.27. The normalized spacial score (nSPS) is 26.3. The van der Waals surface area contributed by atoms with Crippen LogP contribution in [0.3, 0.4) is 0 Å². The van der Waals surface area contributed by atoms with Crippen molar-refractivity contribution in [3.05, 3.63) is 29.3 Å². The molecule has 2 rings (SSSR count). The van der Waals surface area contributed by atoms with Gasteiger partial charge in [-0.1, -0.05) is 12.2 Å². The fourth-order valence-electron chi connectivity index (χ4n) is 2.42. The van der Waals surface area contributed by atoms with E-state index >= 15 is 0 Å².